The highest BCUT2D eigenvalue weighted by Gasteiger charge is 2.14. The number of nitrogens with zero attached hydrogens (tertiary/aromatic N) is 4. The van der Waals surface area contributed by atoms with Gasteiger partial charge in [-0.3, -0.25) is 0 Å². The Morgan fingerprint density at radius 1 is 1.05 bits per heavy atom. The first kappa shape index (κ1) is 12.2. The minimum absolute atomic E-state index is 0.801. The molecule has 98 valence electrons. The summed E-state index contributed by atoms with van der Waals surface area (Å²) in [5.74, 6) is 0.801. The summed E-state index contributed by atoms with van der Waals surface area (Å²) in [6, 6.07) is 12.1. The molecule has 0 N–H and O–H groups in total. The van der Waals surface area contributed by atoms with Gasteiger partial charge in [0.05, 0.1) is 4.88 Å². The second kappa shape index (κ2) is 4.76. The summed E-state index contributed by atoms with van der Waals surface area (Å²) >= 11 is 6.62. The van der Waals surface area contributed by atoms with E-state index in [9.17, 15) is 0 Å². The van der Waals surface area contributed by atoms with Crippen molar-refractivity contribution in [1.82, 2.24) is 19.8 Å². The molecule has 0 amide bonds. The van der Waals surface area contributed by atoms with Gasteiger partial charge in [0.2, 0.25) is 4.96 Å². The molecule has 3 heterocycles. The normalized spacial score (nSPS) is 11.2. The van der Waals surface area contributed by atoms with Crippen LogP contribution in [0.1, 0.15) is 0 Å². The van der Waals surface area contributed by atoms with Crippen LogP contribution in [-0.4, -0.2) is 19.8 Å². The van der Waals surface area contributed by atoms with Crippen molar-refractivity contribution in [3.05, 3.63) is 46.3 Å². The van der Waals surface area contributed by atoms with Gasteiger partial charge in [-0.25, -0.2) is 0 Å². The van der Waals surface area contributed by atoms with E-state index in [1.807, 2.05) is 46.3 Å². The number of benzene rings is 1. The molecule has 3 aromatic heterocycles. The Balaban J connectivity index is 1.85. The van der Waals surface area contributed by atoms with Crippen molar-refractivity contribution in [1.29, 1.82) is 0 Å². The molecule has 0 bridgehead atoms. The fourth-order valence-electron chi connectivity index (χ4n) is 1.89. The molecule has 0 saturated heterocycles. The van der Waals surface area contributed by atoms with E-state index in [1.165, 1.54) is 0 Å². The maximum Gasteiger partial charge on any atom is 0.235 e. The predicted molar refractivity (Wildman–Crippen MR) is 85.1 cm³/mol. The van der Waals surface area contributed by atoms with Gasteiger partial charge in [-0.1, -0.05) is 45.5 Å². The van der Waals surface area contributed by atoms with Crippen molar-refractivity contribution < 1.29 is 0 Å². The van der Waals surface area contributed by atoms with Crippen molar-refractivity contribution in [2.75, 3.05) is 0 Å². The zero-order chi connectivity index (χ0) is 13.5. The Labute approximate surface area is 130 Å². The quantitative estimate of drug-likeness (QED) is 0.532. The Morgan fingerprint density at radius 2 is 1.90 bits per heavy atom. The molecule has 0 fully saturated rings. The largest absolute Gasteiger partial charge is 0.235 e. The highest BCUT2D eigenvalue weighted by molar-refractivity contribution is 9.10. The number of hydrogen-bond acceptors (Lipinski definition) is 5. The smallest absolute Gasteiger partial charge is 0.181 e. The molecule has 0 aliphatic carbocycles. The number of fused-ring (bicyclic) bond motifs is 1. The van der Waals surface area contributed by atoms with Crippen LogP contribution in [0.2, 0.25) is 0 Å². The monoisotopic (exact) mass is 362 g/mol. The summed E-state index contributed by atoms with van der Waals surface area (Å²) in [4.78, 5) is 1.89. The lowest BCUT2D eigenvalue weighted by Gasteiger charge is -1.95. The SMILES string of the molecule is Brc1ccc(-c2nn3c(-c4cccs4)nnc3s2)cc1. The molecular formula is C13H7BrN4S2. The van der Waals surface area contributed by atoms with Gasteiger partial charge in [0.1, 0.15) is 5.01 Å². The number of halogens is 1. The molecule has 4 aromatic rings. The first-order valence-electron chi connectivity index (χ1n) is 5.83. The molecule has 0 unspecified atom stereocenters. The second-order valence-corrected chi connectivity index (χ2v) is 6.93. The summed E-state index contributed by atoms with van der Waals surface area (Å²) in [5.41, 5.74) is 1.08. The summed E-state index contributed by atoms with van der Waals surface area (Å²) in [6.45, 7) is 0. The van der Waals surface area contributed by atoms with Crippen LogP contribution >= 0.6 is 38.6 Å². The van der Waals surface area contributed by atoms with E-state index in [0.29, 0.717) is 0 Å². The van der Waals surface area contributed by atoms with E-state index < -0.39 is 0 Å². The number of rotatable bonds is 2. The molecule has 20 heavy (non-hydrogen) atoms. The summed E-state index contributed by atoms with van der Waals surface area (Å²) in [6.07, 6.45) is 0. The van der Waals surface area contributed by atoms with Gasteiger partial charge in [-0.15, -0.1) is 21.5 Å². The Morgan fingerprint density at radius 3 is 2.65 bits per heavy atom. The Bertz CT molecular complexity index is 862. The van der Waals surface area contributed by atoms with Crippen LogP contribution < -0.4 is 0 Å². The van der Waals surface area contributed by atoms with Crippen LogP contribution in [0.25, 0.3) is 26.2 Å². The molecule has 0 spiro atoms. The molecule has 0 atom stereocenters. The first-order valence-corrected chi connectivity index (χ1v) is 8.32. The van der Waals surface area contributed by atoms with Gasteiger partial charge in [0, 0.05) is 10.0 Å². The summed E-state index contributed by atoms with van der Waals surface area (Å²) in [7, 11) is 0. The lowest BCUT2D eigenvalue weighted by molar-refractivity contribution is 0.974. The Hall–Kier alpha value is -1.57. The zero-order valence-electron chi connectivity index (χ0n) is 10.0. The zero-order valence-corrected chi connectivity index (χ0v) is 13.2. The van der Waals surface area contributed by atoms with Gasteiger partial charge in [0.25, 0.3) is 0 Å². The fraction of sp³-hybridized carbons (Fsp3) is 0. The fourth-order valence-corrected chi connectivity index (χ4v) is 3.69. The molecule has 0 aliphatic heterocycles. The third-order valence-electron chi connectivity index (χ3n) is 2.82. The van der Waals surface area contributed by atoms with Gasteiger partial charge in [-0.05, 0) is 23.6 Å². The van der Waals surface area contributed by atoms with E-state index in [4.69, 9.17) is 0 Å². The maximum absolute atomic E-state index is 4.63. The maximum atomic E-state index is 4.63. The minimum atomic E-state index is 0.801. The van der Waals surface area contributed by atoms with Crippen molar-refractivity contribution in [2.45, 2.75) is 0 Å². The highest BCUT2D eigenvalue weighted by atomic mass is 79.9. The number of thiophene rings is 1. The summed E-state index contributed by atoms with van der Waals surface area (Å²) in [5, 5.41) is 16.0. The first-order chi connectivity index (χ1) is 9.81. The van der Waals surface area contributed by atoms with Crippen LogP contribution in [0.5, 0.6) is 0 Å². The molecular weight excluding hydrogens is 356 g/mol. The van der Waals surface area contributed by atoms with Gasteiger partial charge in [0.15, 0.2) is 5.82 Å². The molecule has 0 saturated carbocycles. The van der Waals surface area contributed by atoms with Crippen molar-refractivity contribution >= 4 is 43.6 Å². The minimum Gasteiger partial charge on any atom is -0.181 e. The lowest BCUT2D eigenvalue weighted by atomic mass is 10.2. The second-order valence-electron chi connectivity index (χ2n) is 4.11. The van der Waals surface area contributed by atoms with E-state index >= 15 is 0 Å². The van der Waals surface area contributed by atoms with E-state index in [-0.39, 0.29) is 0 Å². The standard InChI is InChI=1S/C13H7BrN4S2/c14-9-5-3-8(4-6-9)12-17-18-11(10-2-1-7-19-10)15-16-13(18)20-12/h1-7H. The van der Waals surface area contributed by atoms with Gasteiger partial charge >= 0.3 is 0 Å². The molecule has 0 radical (unpaired) electrons. The van der Waals surface area contributed by atoms with Crippen molar-refractivity contribution in [3.63, 3.8) is 0 Å². The molecule has 1 aromatic carbocycles. The number of aromatic nitrogens is 4. The van der Waals surface area contributed by atoms with Crippen molar-refractivity contribution in [3.8, 4) is 21.3 Å². The van der Waals surface area contributed by atoms with Crippen molar-refractivity contribution in [2.24, 2.45) is 0 Å². The predicted octanol–water partition coefficient (Wildman–Crippen LogP) is 4.34. The van der Waals surface area contributed by atoms with Crippen LogP contribution in [0, 0.1) is 0 Å². The average molecular weight is 363 g/mol. The lowest BCUT2D eigenvalue weighted by Crippen LogP contribution is -1.88. The van der Waals surface area contributed by atoms with E-state index in [0.717, 1.165) is 30.7 Å². The van der Waals surface area contributed by atoms with Crippen LogP contribution in [0.3, 0.4) is 0 Å². The van der Waals surface area contributed by atoms with Crippen LogP contribution in [0.4, 0.5) is 0 Å². The third kappa shape index (κ3) is 1.98. The highest BCUT2D eigenvalue weighted by Crippen LogP contribution is 2.30. The van der Waals surface area contributed by atoms with E-state index in [1.54, 1.807) is 22.7 Å². The topological polar surface area (TPSA) is 43.1 Å². The molecule has 4 nitrogen and oxygen atoms in total. The summed E-state index contributed by atoms with van der Waals surface area (Å²) < 4.78 is 2.87. The molecule has 0 aliphatic rings. The average Bonchev–Trinajstić information content (AvgIpc) is 3.15. The molecule has 4 rings (SSSR count). The van der Waals surface area contributed by atoms with Gasteiger partial charge < -0.3 is 0 Å². The van der Waals surface area contributed by atoms with E-state index in [2.05, 4.69) is 31.2 Å². The number of hydrogen-bond donors (Lipinski definition) is 0. The van der Waals surface area contributed by atoms with Crippen LogP contribution in [-0.2, 0) is 0 Å². The Kier molecular flexibility index (Phi) is 2.90. The molecule has 7 heteroatoms. The van der Waals surface area contributed by atoms with Crippen LogP contribution in [0.15, 0.2) is 46.3 Å². The van der Waals surface area contributed by atoms with Gasteiger partial charge in [-0.2, -0.15) is 9.61 Å². The third-order valence-corrected chi connectivity index (χ3v) is 5.17.